The van der Waals surface area contributed by atoms with Crippen LogP contribution in [0.2, 0.25) is 0 Å². The van der Waals surface area contributed by atoms with Gasteiger partial charge in [0.2, 0.25) is 0 Å². The Morgan fingerprint density at radius 2 is 2.12 bits per heavy atom. The van der Waals surface area contributed by atoms with Gasteiger partial charge in [-0.15, -0.1) is 0 Å². The normalized spacial score (nSPS) is 10.3. The van der Waals surface area contributed by atoms with E-state index >= 15 is 0 Å². The van der Waals surface area contributed by atoms with Gasteiger partial charge < -0.3 is 9.84 Å². The average Bonchev–Trinajstić information content (AvgIpc) is 2.38. The number of aliphatic hydroxyl groups is 1. The molecule has 0 fully saturated rings. The fourth-order valence-electron chi connectivity index (χ4n) is 1.58. The van der Waals surface area contributed by atoms with Crippen LogP contribution in [0.5, 0.6) is 5.75 Å². The van der Waals surface area contributed by atoms with Gasteiger partial charge in [0.1, 0.15) is 17.3 Å². The Kier molecular flexibility index (Phi) is 3.35. The average molecular weight is 233 g/mol. The van der Waals surface area contributed by atoms with E-state index in [1.807, 2.05) is 0 Å². The quantitative estimate of drug-likeness (QED) is 0.885. The van der Waals surface area contributed by atoms with Gasteiger partial charge in [0.05, 0.1) is 19.4 Å². The van der Waals surface area contributed by atoms with Gasteiger partial charge >= 0.3 is 0 Å². The van der Waals surface area contributed by atoms with Crippen LogP contribution in [-0.2, 0) is 6.61 Å². The summed E-state index contributed by atoms with van der Waals surface area (Å²) in [5, 5.41) is 9.05. The lowest BCUT2D eigenvalue weighted by atomic mass is 10.1. The smallest absolute Gasteiger partial charge is 0.145 e. The van der Waals surface area contributed by atoms with Crippen molar-refractivity contribution in [2.75, 3.05) is 7.11 Å². The molecule has 17 heavy (non-hydrogen) atoms. The van der Waals surface area contributed by atoms with E-state index < -0.39 is 0 Å². The van der Waals surface area contributed by atoms with E-state index in [-0.39, 0.29) is 12.4 Å². The number of methoxy groups -OCH3 is 1. The van der Waals surface area contributed by atoms with Crippen LogP contribution in [0.3, 0.4) is 0 Å². The molecule has 0 amide bonds. The van der Waals surface area contributed by atoms with Crippen molar-refractivity contribution in [3.05, 3.63) is 47.9 Å². The second-order valence-electron chi connectivity index (χ2n) is 3.52. The highest BCUT2D eigenvalue weighted by molar-refractivity contribution is 5.66. The maximum absolute atomic E-state index is 13.2. The lowest BCUT2D eigenvalue weighted by molar-refractivity contribution is 0.276. The molecule has 0 bridgehead atoms. The predicted molar refractivity (Wildman–Crippen MR) is 62.1 cm³/mol. The second kappa shape index (κ2) is 4.93. The number of aromatic nitrogens is 1. The summed E-state index contributed by atoms with van der Waals surface area (Å²) in [5.74, 6) is 0.216. The molecule has 4 heteroatoms. The molecule has 0 aliphatic rings. The Balaban J connectivity index is 2.56. The van der Waals surface area contributed by atoms with Crippen molar-refractivity contribution in [3.63, 3.8) is 0 Å². The summed E-state index contributed by atoms with van der Waals surface area (Å²) in [6.07, 6.45) is 0. The van der Waals surface area contributed by atoms with Crippen LogP contribution in [0.1, 0.15) is 5.69 Å². The molecule has 0 saturated heterocycles. The van der Waals surface area contributed by atoms with Crippen molar-refractivity contribution < 1.29 is 14.2 Å². The molecule has 2 aromatic rings. The Morgan fingerprint density at radius 1 is 1.29 bits per heavy atom. The molecule has 0 aliphatic carbocycles. The van der Waals surface area contributed by atoms with Crippen LogP contribution in [0.25, 0.3) is 11.3 Å². The van der Waals surface area contributed by atoms with E-state index in [2.05, 4.69) is 4.98 Å². The highest BCUT2D eigenvalue weighted by Crippen LogP contribution is 2.28. The first-order valence-corrected chi connectivity index (χ1v) is 5.15. The first-order chi connectivity index (χ1) is 8.24. The maximum atomic E-state index is 13.2. The second-order valence-corrected chi connectivity index (χ2v) is 3.52. The molecular formula is C13H12FNO2. The van der Waals surface area contributed by atoms with Gasteiger partial charge in [-0.2, -0.15) is 0 Å². The molecule has 0 unspecified atom stereocenters. The summed E-state index contributed by atoms with van der Waals surface area (Å²) in [5.41, 5.74) is 1.67. The number of hydrogen-bond donors (Lipinski definition) is 1. The predicted octanol–water partition coefficient (Wildman–Crippen LogP) is 2.39. The summed E-state index contributed by atoms with van der Waals surface area (Å²) < 4.78 is 18.3. The Morgan fingerprint density at radius 3 is 2.76 bits per heavy atom. The Hall–Kier alpha value is -1.94. The molecule has 1 aromatic carbocycles. The standard InChI is InChI=1S/C13H12FNO2/c1-17-12-6-5-11(8-16)15-13(12)9-3-2-4-10(14)7-9/h2-7,16H,8H2,1H3. The fraction of sp³-hybridized carbons (Fsp3) is 0.154. The number of hydrogen-bond acceptors (Lipinski definition) is 3. The zero-order valence-electron chi connectivity index (χ0n) is 9.35. The SMILES string of the molecule is COc1ccc(CO)nc1-c1cccc(F)c1. The van der Waals surface area contributed by atoms with E-state index in [9.17, 15) is 4.39 Å². The van der Waals surface area contributed by atoms with Crippen molar-refractivity contribution in [3.8, 4) is 17.0 Å². The first-order valence-electron chi connectivity index (χ1n) is 5.15. The van der Waals surface area contributed by atoms with Crippen LogP contribution < -0.4 is 4.74 Å². The van der Waals surface area contributed by atoms with Crippen LogP contribution in [-0.4, -0.2) is 17.2 Å². The molecule has 0 atom stereocenters. The number of aliphatic hydroxyl groups excluding tert-OH is 1. The van der Waals surface area contributed by atoms with E-state index in [4.69, 9.17) is 9.84 Å². The Labute approximate surface area is 98.5 Å². The Bertz CT molecular complexity index is 529. The molecule has 0 radical (unpaired) electrons. The third kappa shape index (κ3) is 2.42. The number of rotatable bonds is 3. The number of ether oxygens (including phenoxy) is 1. The molecule has 3 nitrogen and oxygen atoms in total. The third-order valence-electron chi connectivity index (χ3n) is 2.40. The van der Waals surface area contributed by atoms with E-state index in [1.54, 1.807) is 24.3 Å². The van der Waals surface area contributed by atoms with Gasteiger partial charge in [-0.3, -0.25) is 0 Å². The van der Waals surface area contributed by atoms with Crippen LogP contribution in [0, 0.1) is 5.82 Å². The van der Waals surface area contributed by atoms with E-state index in [0.717, 1.165) is 0 Å². The van der Waals surface area contributed by atoms with E-state index in [0.29, 0.717) is 22.7 Å². The highest BCUT2D eigenvalue weighted by Gasteiger charge is 2.09. The van der Waals surface area contributed by atoms with Crippen LogP contribution in [0.15, 0.2) is 36.4 Å². The monoisotopic (exact) mass is 233 g/mol. The molecule has 0 spiro atoms. The number of nitrogens with zero attached hydrogens (tertiary/aromatic N) is 1. The molecule has 0 saturated carbocycles. The number of halogens is 1. The van der Waals surface area contributed by atoms with Gasteiger partial charge in [0, 0.05) is 5.56 Å². The summed E-state index contributed by atoms with van der Waals surface area (Å²) in [4.78, 5) is 4.23. The van der Waals surface area contributed by atoms with Crippen molar-refractivity contribution in [2.45, 2.75) is 6.61 Å². The molecule has 0 aliphatic heterocycles. The van der Waals surface area contributed by atoms with Crippen LogP contribution in [0.4, 0.5) is 4.39 Å². The van der Waals surface area contributed by atoms with Gasteiger partial charge in [0.15, 0.2) is 0 Å². The minimum atomic E-state index is -0.333. The van der Waals surface area contributed by atoms with Crippen molar-refractivity contribution >= 4 is 0 Å². The van der Waals surface area contributed by atoms with Crippen molar-refractivity contribution in [2.24, 2.45) is 0 Å². The largest absolute Gasteiger partial charge is 0.494 e. The van der Waals surface area contributed by atoms with Crippen LogP contribution >= 0.6 is 0 Å². The van der Waals surface area contributed by atoms with Crippen molar-refractivity contribution in [1.29, 1.82) is 0 Å². The third-order valence-corrected chi connectivity index (χ3v) is 2.40. The molecule has 88 valence electrons. The fourth-order valence-corrected chi connectivity index (χ4v) is 1.58. The zero-order valence-corrected chi connectivity index (χ0v) is 9.35. The van der Waals surface area contributed by atoms with E-state index in [1.165, 1.54) is 19.2 Å². The van der Waals surface area contributed by atoms with Gasteiger partial charge in [-0.05, 0) is 24.3 Å². The minimum Gasteiger partial charge on any atom is -0.494 e. The molecule has 1 N–H and O–H groups in total. The number of benzene rings is 1. The van der Waals surface area contributed by atoms with Gasteiger partial charge in [-0.1, -0.05) is 12.1 Å². The van der Waals surface area contributed by atoms with Gasteiger partial charge in [0.25, 0.3) is 0 Å². The summed E-state index contributed by atoms with van der Waals surface area (Å²) in [7, 11) is 1.53. The maximum Gasteiger partial charge on any atom is 0.145 e. The first kappa shape index (κ1) is 11.5. The summed E-state index contributed by atoms with van der Waals surface area (Å²) in [6.45, 7) is -0.160. The summed E-state index contributed by atoms with van der Waals surface area (Å²) in [6, 6.07) is 9.48. The highest BCUT2D eigenvalue weighted by atomic mass is 19.1. The lowest BCUT2D eigenvalue weighted by Gasteiger charge is -2.09. The number of pyridine rings is 1. The molecule has 1 heterocycles. The lowest BCUT2D eigenvalue weighted by Crippen LogP contribution is -1.96. The topological polar surface area (TPSA) is 42.4 Å². The molecule has 1 aromatic heterocycles. The molecule has 2 rings (SSSR count). The van der Waals surface area contributed by atoms with Crippen molar-refractivity contribution in [1.82, 2.24) is 4.98 Å². The zero-order chi connectivity index (χ0) is 12.3. The molecular weight excluding hydrogens is 221 g/mol. The summed E-state index contributed by atoms with van der Waals surface area (Å²) >= 11 is 0. The minimum absolute atomic E-state index is 0.160. The van der Waals surface area contributed by atoms with Gasteiger partial charge in [-0.25, -0.2) is 9.37 Å².